The van der Waals surface area contributed by atoms with E-state index in [2.05, 4.69) is 27.5 Å². The smallest absolute Gasteiger partial charge is 0.191 e. The number of aryl methyl sites for hydroxylation is 2. The fraction of sp³-hybridized carbons (Fsp3) is 0.556. The van der Waals surface area contributed by atoms with Gasteiger partial charge < -0.3 is 10.6 Å². The van der Waals surface area contributed by atoms with Gasteiger partial charge in [-0.05, 0) is 13.8 Å². The highest BCUT2D eigenvalue weighted by molar-refractivity contribution is 7.11. The summed E-state index contributed by atoms with van der Waals surface area (Å²) < 4.78 is 0. The first-order valence-corrected chi connectivity index (χ1v) is 5.30. The Morgan fingerprint density at radius 3 is 2.64 bits per heavy atom. The predicted molar refractivity (Wildman–Crippen MR) is 60.8 cm³/mol. The fourth-order valence-corrected chi connectivity index (χ4v) is 1.93. The monoisotopic (exact) mass is 212 g/mol. The van der Waals surface area contributed by atoms with Crippen molar-refractivity contribution in [3.63, 3.8) is 0 Å². The first-order valence-electron chi connectivity index (χ1n) is 4.48. The van der Waals surface area contributed by atoms with Gasteiger partial charge in [-0.15, -0.1) is 11.3 Å². The van der Waals surface area contributed by atoms with Crippen molar-refractivity contribution in [2.75, 3.05) is 14.1 Å². The minimum atomic E-state index is 0.729. The van der Waals surface area contributed by atoms with Gasteiger partial charge in [0.15, 0.2) is 5.96 Å². The van der Waals surface area contributed by atoms with Crippen LogP contribution in [0, 0.1) is 13.8 Å². The molecule has 5 heteroatoms. The van der Waals surface area contributed by atoms with Crippen LogP contribution >= 0.6 is 11.3 Å². The highest BCUT2D eigenvalue weighted by Gasteiger charge is 2.03. The molecular formula is C9H16N4S. The molecule has 1 rings (SSSR count). The summed E-state index contributed by atoms with van der Waals surface area (Å²) in [6.45, 7) is 4.85. The molecule has 0 bridgehead atoms. The van der Waals surface area contributed by atoms with Crippen LogP contribution in [0.5, 0.6) is 0 Å². The molecule has 0 spiro atoms. The van der Waals surface area contributed by atoms with Crippen LogP contribution in [-0.2, 0) is 6.54 Å². The summed E-state index contributed by atoms with van der Waals surface area (Å²) in [5.74, 6) is 0.788. The Balaban J connectivity index is 2.53. The molecule has 0 saturated carbocycles. The van der Waals surface area contributed by atoms with Crippen molar-refractivity contribution >= 4 is 17.3 Å². The van der Waals surface area contributed by atoms with Gasteiger partial charge >= 0.3 is 0 Å². The Labute approximate surface area is 88.5 Å². The number of nitrogens with one attached hydrogen (secondary N) is 2. The van der Waals surface area contributed by atoms with Gasteiger partial charge in [0, 0.05) is 19.0 Å². The number of hydrogen-bond acceptors (Lipinski definition) is 3. The molecule has 2 N–H and O–H groups in total. The summed E-state index contributed by atoms with van der Waals surface area (Å²) in [4.78, 5) is 9.73. The number of thiazole rings is 1. The Kier molecular flexibility index (Phi) is 3.88. The van der Waals surface area contributed by atoms with Crippen LogP contribution in [-0.4, -0.2) is 25.0 Å². The zero-order valence-electron chi connectivity index (χ0n) is 9.01. The van der Waals surface area contributed by atoms with Gasteiger partial charge in [-0.2, -0.15) is 0 Å². The third-order valence-corrected chi connectivity index (χ3v) is 3.01. The van der Waals surface area contributed by atoms with Crippen LogP contribution in [0.2, 0.25) is 0 Å². The van der Waals surface area contributed by atoms with Crippen molar-refractivity contribution < 1.29 is 0 Å². The van der Waals surface area contributed by atoms with Gasteiger partial charge in [-0.1, -0.05) is 0 Å². The van der Waals surface area contributed by atoms with Crippen molar-refractivity contribution in [3.8, 4) is 0 Å². The first-order chi connectivity index (χ1) is 6.67. The third kappa shape index (κ3) is 2.70. The van der Waals surface area contributed by atoms with Gasteiger partial charge in [0.25, 0.3) is 0 Å². The Morgan fingerprint density at radius 1 is 1.50 bits per heavy atom. The van der Waals surface area contributed by atoms with E-state index in [9.17, 15) is 0 Å². The average molecular weight is 212 g/mol. The van der Waals surface area contributed by atoms with Gasteiger partial charge in [0.05, 0.1) is 12.2 Å². The summed E-state index contributed by atoms with van der Waals surface area (Å²) in [6, 6.07) is 0. The number of rotatable bonds is 2. The summed E-state index contributed by atoms with van der Waals surface area (Å²) in [5.41, 5.74) is 1.12. The summed E-state index contributed by atoms with van der Waals surface area (Å²) in [7, 11) is 3.59. The van der Waals surface area contributed by atoms with E-state index in [0.29, 0.717) is 0 Å². The van der Waals surface area contributed by atoms with E-state index >= 15 is 0 Å². The van der Waals surface area contributed by atoms with E-state index in [1.54, 1.807) is 18.4 Å². The SMILES string of the molecule is CN=C(NC)NCc1nc(C)c(C)s1. The Morgan fingerprint density at radius 2 is 2.21 bits per heavy atom. The van der Waals surface area contributed by atoms with Crippen molar-refractivity contribution in [2.45, 2.75) is 20.4 Å². The molecule has 0 radical (unpaired) electrons. The Hall–Kier alpha value is -1.10. The van der Waals surface area contributed by atoms with Crippen molar-refractivity contribution in [3.05, 3.63) is 15.6 Å². The molecule has 0 aliphatic carbocycles. The van der Waals surface area contributed by atoms with E-state index in [1.165, 1.54) is 4.88 Å². The Bertz CT molecular complexity index is 310. The number of aliphatic imine (C=N–C) groups is 1. The lowest BCUT2D eigenvalue weighted by atomic mass is 10.4. The van der Waals surface area contributed by atoms with Crippen LogP contribution < -0.4 is 10.6 Å². The van der Waals surface area contributed by atoms with Gasteiger partial charge in [-0.25, -0.2) is 4.98 Å². The largest absolute Gasteiger partial charge is 0.359 e. The van der Waals surface area contributed by atoms with Gasteiger partial charge in [-0.3, -0.25) is 4.99 Å². The molecule has 0 aromatic carbocycles. The number of aromatic nitrogens is 1. The van der Waals surface area contributed by atoms with Crippen molar-refractivity contribution in [1.29, 1.82) is 0 Å². The second kappa shape index (κ2) is 4.95. The van der Waals surface area contributed by atoms with E-state index in [1.807, 2.05) is 14.0 Å². The van der Waals surface area contributed by atoms with E-state index in [4.69, 9.17) is 0 Å². The molecule has 0 fully saturated rings. The molecule has 1 heterocycles. The van der Waals surface area contributed by atoms with Crippen LogP contribution in [0.1, 0.15) is 15.6 Å². The molecule has 0 unspecified atom stereocenters. The lowest BCUT2D eigenvalue weighted by Crippen LogP contribution is -2.33. The lowest BCUT2D eigenvalue weighted by molar-refractivity contribution is 0.853. The zero-order chi connectivity index (χ0) is 10.6. The topological polar surface area (TPSA) is 49.3 Å². The quantitative estimate of drug-likeness (QED) is 0.569. The molecule has 4 nitrogen and oxygen atoms in total. The van der Waals surface area contributed by atoms with Crippen LogP contribution in [0.25, 0.3) is 0 Å². The van der Waals surface area contributed by atoms with E-state index in [-0.39, 0.29) is 0 Å². The van der Waals surface area contributed by atoms with Crippen LogP contribution in [0.3, 0.4) is 0 Å². The minimum Gasteiger partial charge on any atom is -0.359 e. The highest BCUT2D eigenvalue weighted by atomic mass is 32.1. The molecule has 0 aliphatic heterocycles. The normalized spacial score (nSPS) is 11.6. The van der Waals surface area contributed by atoms with Crippen molar-refractivity contribution in [1.82, 2.24) is 15.6 Å². The van der Waals surface area contributed by atoms with E-state index < -0.39 is 0 Å². The highest BCUT2D eigenvalue weighted by Crippen LogP contribution is 2.15. The number of nitrogens with zero attached hydrogens (tertiary/aromatic N) is 2. The molecule has 1 aromatic heterocycles. The number of guanidine groups is 1. The van der Waals surface area contributed by atoms with Gasteiger partial charge in [0.1, 0.15) is 5.01 Å². The maximum atomic E-state index is 4.42. The van der Waals surface area contributed by atoms with Crippen LogP contribution in [0.4, 0.5) is 0 Å². The second-order valence-electron chi connectivity index (χ2n) is 2.92. The lowest BCUT2D eigenvalue weighted by Gasteiger charge is -2.05. The predicted octanol–water partition coefficient (Wildman–Crippen LogP) is 1.05. The van der Waals surface area contributed by atoms with Crippen molar-refractivity contribution in [2.24, 2.45) is 4.99 Å². The maximum absolute atomic E-state index is 4.42. The van der Waals surface area contributed by atoms with E-state index in [0.717, 1.165) is 23.2 Å². The third-order valence-electron chi connectivity index (χ3n) is 1.94. The number of hydrogen-bond donors (Lipinski definition) is 2. The van der Waals surface area contributed by atoms with Crippen LogP contribution in [0.15, 0.2) is 4.99 Å². The molecule has 0 aliphatic rings. The molecule has 0 saturated heterocycles. The average Bonchev–Trinajstić information content (AvgIpc) is 2.48. The molecule has 0 amide bonds. The van der Waals surface area contributed by atoms with Gasteiger partial charge in [0.2, 0.25) is 0 Å². The molecular weight excluding hydrogens is 196 g/mol. The second-order valence-corrected chi connectivity index (χ2v) is 4.21. The standard InChI is InChI=1S/C9H16N4S/c1-6-7(2)14-8(13-6)5-12-9(10-3)11-4/h5H2,1-4H3,(H2,10,11,12). The molecule has 1 aromatic rings. The summed E-state index contributed by atoms with van der Waals surface area (Å²) in [6.07, 6.45) is 0. The fourth-order valence-electron chi connectivity index (χ4n) is 1.05. The minimum absolute atomic E-state index is 0.729. The first kappa shape index (κ1) is 11.0. The maximum Gasteiger partial charge on any atom is 0.191 e. The molecule has 0 atom stereocenters. The summed E-state index contributed by atoms with van der Waals surface area (Å²) >= 11 is 1.72. The molecule has 78 valence electrons. The zero-order valence-corrected chi connectivity index (χ0v) is 9.83. The molecule has 14 heavy (non-hydrogen) atoms. The summed E-state index contributed by atoms with van der Waals surface area (Å²) in [5, 5.41) is 7.22.